The molecule has 25 heterocycles. The molecular weight excluding hydrogens is 1780 g/mol. The first-order valence-corrected chi connectivity index (χ1v) is 43.6. The summed E-state index contributed by atoms with van der Waals surface area (Å²) >= 11 is 0.753. The van der Waals surface area contributed by atoms with Gasteiger partial charge in [-0.1, -0.05) is 25.1 Å². The molecule has 36 atom stereocenters. The topological polar surface area (TPSA) is 741 Å². The monoisotopic (exact) mass is 1890 g/mol. The number of aliphatic hydroxyl groups is 19. The van der Waals surface area contributed by atoms with E-state index in [0.29, 0.717) is 16.9 Å². The maximum Gasteiger partial charge on any atom is 0.355 e. The number of Topliss-reactive ketones (excluding diaryl/α,β-unsaturated/α-hetero) is 2. The number of carbonyl (C=O) groups excluding carboxylic acids is 7. The summed E-state index contributed by atoms with van der Waals surface area (Å²) < 4.78 is 106. The Kier molecular flexibility index (Phi) is 34.9. The molecule has 13 unspecified atom stereocenters. The summed E-state index contributed by atoms with van der Waals surface area (Å²) in [5.74, 6) is -8.24. The Morgan fingerprint density at radius 1 is 0.511 bits per heavy atom. The molecule has 14 bridgehead atoms. The van der Waals surface area contributed by atoms with Gasteiger partial charge in [-0.15, -0.1) is 0 Å². The lowest BCUT2D eigenvalue weighted by Crippen LogP contribution is -2.68. The highest BCUT2D eigenvalue weighted by Crippen LogP contribution is 2.44. The number of benzene rings is 1. The van der Waals surface area contributed by atoms with Crippen LogP contribution < -0.4 is 21.5 Å². The van der Waals surface area contributed by atoms with E-state index in [2.05, 4.69) is 16.0 Å². The van der Waals surface area contributed by atoms with Crippen molar-refractivity contribution in [1.29, 1.82) is 0 Å². The Morgan fingerprint density at radius 2 is 0.939 bits per heavy atom. The largest absolute Gasteiger partial charge is 0.457 e. The van der Waals surface area contributed by atoms with E-state index in [9.17, 15) is 135 Å². The summed E-state index contributed by atoms with van der Waals surface area (Å²) in [5, 5.41) is 225. The smallest absolute Gasteiger partial charge is 0.355 e. The fourth-order valence-corrected chi connectivity index (χ4v) is 18.0. The average molecular weight is 1890 g/mol. The van der Waals surface area contributed by atoms with E-state index in [-0.39, 0.29) is 69.1 Å². The number of nitrogens with zero attached hydrogens (tertiary/aromatic N) is 2. The Bertz CT molecular complexity index is 4460. The molecule has 0 radical (unpaired) electrons. The van der Waals surface area contributed by atoms with Gasteiger partial charge in [0.2, 0.25) is 23.3 Å². The number of amides is 3. The van der Waals surface area contributed by atoms with Crippen LogP contribution in [-0.4, -0.2) is 454 Å². The van der Waals surface area contributed by atoms with Gasteiger partial charge in [0.1, 0.15) is 183 Å². The average Bonchev–Trinajstić information content (AvgIpc) is 1.64. The van der Waals surface area contributed by atoms with Gasteiger partial charge in [-0.2, -0.15) is 11.8 Å². The van der Waals surface area contributed by atoms with E-state index < -0.39 is 345 Å². The molecule has 51 heteroatoms. The number of rotatable bonds is 29. The van der Waals surface area contributed by atoms with Crippen molar-refractivity contribution in [3.8, 4) is 11.4 Å². The molecule has 23 aliphatic rings. The number of thioether (sulfide) groups is 1. The maximum atomic E-state index is 14.4. The summed E-state index contributed by atoms with van der Waals surface area (Å²) in [5.41, 5.74) is -0.343. The molecule has 3 amide bonds. The van der Waals surface area contributed by atoms with Gasteiger partial charge in [-0.3, -0.25) is 33.6 Å². The molecule has 50 nitrogen and oxygen atoms in total. The highest BCUT2D eigenvalue weighted by atomic mass is 32.2. The van der Waals surface area contributed by atoms with Gasteiger partial charge in [0, 0.05) is 47.3 Å². The molecule has 0 aliphatic carbocycles. The lowest BCUT2D eigenvalue weighted by atomic mass is 9.85. The van der Waals surface area contributed by atoms with Gasteiger partial charge in [0.15, 0.2) is 44.0 Å². The van der Waals surface area contributed by atoms with E-state index in [1.165, 1.54) is 18.4 Å². The quantitative estimate of drug-likeness (QED) is 0.0177. The van der Waals surface area contributed by atoms with Crippen LogP contribution in [0.5, 0.6) is 0 Å². The fraction of sp³-hybridized carbons (Fsp3) is 0.738. The van der Waals surface area contributed by atoms with E-state index in [1.807, 2.05) is 18.2 Å². The van der Waals surface area contributed by atoms with Crippen LogP contribution in [0.1, 0.15) is 56.2 Å². The second-order valence-corrected chi connectivity index (χ2v) is 34.0. The molecule has 732 valence electrons. The van der Waals surface area contributed by atoms with E-state index in [4.69, 9.17) is 90.2 Å². The Labute approximate surface area is 747 Å². The van der Waals surface area contributed by atoms with Crippen LogP contribution in [0.25, 0.3) is 22.3 Å². The number of ketones is 2. The lowest BCUT2D eigenvalue weighted by Gasteiger charge is -2.50. The Morgan fingerprint density at radius 3 is 1.41 bits per heavy atom. The predicted octanol–water partition coefficient (Wildman–Crippen LogP) is -12.9. The van der Waals surface area contributed by atoms with Gasteiger partial charge in [0.25, 0.3) is 5.56 Å². The van der Waals surface area contributed by atoms with Crippen LogP contribution in [-0.2, 0) is 138 Å². The molecule has 23 aliphatic heterocycles. The number of para-hydroxylation sites is 1. The zero-order chi connectivity index (χ0) is 94.3. The van der Waals surface area contributed by atoms with Crippen molar-refractivity contribution in [1.82, 2.24) is 25.5 Å². The lowest BCUT2D eigenvalue weighted by molar-refractivity contribution is -0.394. The van der Waals surface area contributed by atoms with Crippen LogP contribution in [0.3, 0.4) is 0 Å². The van der Waals surface area contributed by atoms with Gasteiger partial charge in [-0.25, -0.2) is 9.78 Å². The standard InChI is InChI=1S/C80H111N5O45S/c1-3-80(36-16-38-49-32(14-31-6-4-5-7-37(31)84-49)20-85(38)71(111)35(36)26-116-79(80)112)130-48(95)19-82-46(93)17-81-47(94)18-83-70(110)33(15-34(92)9-11-114-13-12-113-10-8-30(2)91)28-131-29-45-69-56(102)63(109)78(123-45)128-68-43(25-90)120-75(61(107)54(68)100)125-65-40(22-87)117-73(58(104)51(65)97)122-44-27-115-72(57(103)50(44)96)124-64-39(21-86)118-74(59(105)52(64)98)126-66-41(23-88)119-76(60(106)53(66)99)127-67-42(24-89)121-77(129-69)62(108)55(67)101/h4-7,14,16,33,39-45,50-69,72-78,86-90,96-109H,3,8-13,15,17-29H2,1-2H3,(H,81,94)(H,82,93)(H,83,110)/t33-,39?,40?,41?,42?,43?,44-,45?,50+,51-,52-,53-,54-,55-,56-,57?,58?,59?,60?,61?,62?,63?,64-,65-,66-,67-,68-,69-,72+,73+,74-,75+,76-,77-,78-,80+/m1/s1. The zero-order valence-electron chi connectivity index (χ0n) is 70.4. The molecule has 2 aromatic heterocycles. The molecule has 1 aromatic carbocycles. The van der Waals surface area contributed by atoms with Crippen LogP contribution in [0.4, 0.5) is 0 Å². The van der Waals surface area contributed by atoms with Crippen LogP contribution in [0.15, 0.2) is 41.2 Å². The number of hydrogen-bond donors (Lipinski definition) is 22. The minimum absolute atomic E-state index is 0.0199. The highest BCUT2D eigenvalue weighted by Gasteiger charge is 2.60. The van der Waals surface area contributed by atoms with E-state index in [1.54, 1.807) is 18.2 Å². The van der Waals surface area contributed by atoms with Crippen LogP contribution >= 0.6 is 11.8 Å². The summed E-state index contributed by atoms with van der Waals surface area (Å²) in [4.78, 5) is 113. The molecule has 21 fully saturated rings. The molecule has 26 rings (SSSR count). The van der Waals surface area contributed by atoms with Crippen molar-refractivity contribution >= 4 is 63.9 Å². The van der Waals surface area contributed by atoms with Crippen molar-refractivity contribution in [2.45, 2.75) is 267 Å². The number of hydrogen-bond acceptors (Lipinski definition) is 47. The van der Waals surface area contributed by atoms with Crippen molar-refractivity contribution in [3.63, 3.8) is 0 Å². The predicted molar refractivity (Wildman–Crippen MR) is 425 cm³/mol. The molecule has 131 heavy (non-hydrogen) atoms. The first kappa shape index (κ1) is 102. The van der Waals surface area contributed by atoms with Crippen molar-refractivity contribution in [2.75, 3.05) is 97.2 Å². The molecule has 0 saturated carbocycles. The van der Waals surface area contributed by atoms with Gasteiger partial charge < -0.3 is 203 Å². The number of carbonyl (C=O) groups is 7. The third kappa shape index (κ3) is 22.4. The van der Waals surface area contributed by atoms with E-state index in [0.717, 1.165) is 22.7 Å². The number of aromatic nitrogens is 2. The summed E-state index contributed by atoms with van der Waals surface area (Å²) in [6.45, 7) is -6.35. The van der Waals surface area contributed by atoms with Crippen LogP contribution in [0.2, 0.25) is 0 Å². The minimum atomic E-state index is -2.39. The summed E-state index contributed by atoms with van der Waals surface area (Å²) in [6, 6.07) is 10.8. The summed E-state index contributed by atoms with van der Waals surface area (Å²) in [7, 11) is 0. The number of pyridine rings is 2. The SMILES string of the molecule is CC[C@@]1(OC(=O)CNC(=O)CNC(=O)CNC(=O)[C@@H](CSCC2O[C@@H]3O[C@@H]4C(CO)O[C@@H](O[C@@H]5C(CO)O[C@@H](O[C@@H]6CO[C@@H](O[C@@H]7C(CO)O[C@H](O[C@@H]8C(CO)O[C@H](O[C@@H]9C(CO)O[C@H](O[C@H]2[C@H](O)C3O)C(O)[C@H]9O)C(O)[C@H]8O)C(O)[C@H]7O)C(O)[C@H]6O)C(O)[C@H]5O)C(O)[C@H]4O)CC(=O)CCOCCOCCC(C)=O)C(=O)OCc2c1cc1n(c2=O)Cc2cc3ccccc3nc2-1. The fourth-order valence-electron chi connectivity index (χ4n) is 16.8. The van der Waals surface area contributed by atoms with Crippen molar-refractivity contribution in [3.05, 3.63) is 63.4 Å². The zero-order valence-corrected chi connectivity index (χ0v) is 71.3. The number of aliphatic hydroxyl groups excluding tert-OH is 19. The van der Waals surface area contributed by atoms with Gasteiger partial charge >= 0.3 is 11.9 Å². The molecule has 21 saturated heterocycles. The second-order valence-electron chi connectivity index (χ2n) is 32.9. The molecule has 22 N–H and O–H groups in total. The number of esters is 2. The van der Waals surface area contributed by atoms with E-state index >= 15 is 0 Å². The molecule has 0 spiro atoms. The van der Waals surface area contributed by atoms with Gasteiger partial charge in [-0.05, 0) is 31.5 Å². The second kappa shape index (κ2) is 45.0. The third-order valence-electron chi connectivity index (χ3n) is 24.1. The third-order valence-corrected chi connectivity index (χ3v) is 25.4. The normalized spacial score (nSPS) is 38.7. The first-order valence-electron chi connectivity index (χ1n) is 42.5. The molecule has 3 aromatic rings. The number of fused-ring (bicyclic) bond motifs is 5. The number of nitrogens with one attached hydrogen (secondary N) is 3. The minimum Gasteiger partial charge on any atom is -0.457 e. The van der Waals surface area contributed by atoms with Crippen molar-refractivity contribution in [2.24, 2.45) is 5.92 Å². The Hall–Kier alpha value is -6.78. The molecular formula is C80H111N5O45S. The maximum absolute atomic E-state index is 14.4. The number of ether oxygens (including phenoxy) is 18. The highest BCUT2D eigenvalue weighted by molar-refractivity contribution is 7.99. The summed E-state index contributed by atoms with van der Waals surface area (Å²) in [6.07, 6.45) is -71.9. The first-order chi connectivity index (χ1) is 62.7. The van der Waals surface area contributed by atoms with Gasteiger partial charge in [0.05, 0.1) is 120 Å². The van der Waals surface area contributed by atoms with Crippen molar-refractivity contribution < 1.29 is 216 Å². The Balaban J connectivity index is 0.711. The number of cyclic esters (lactones) is 1. The van der Waals surface area contributed by atoms with Crippen LogP contribution in [0, 0.1) is 5.92 Å².